The van der Waals surface area contributed by atoms with Crippen LogP contribution in [0.4, 0.5) is 10.7 Å². The van der Waals surface area contributed by atoms with E-state index >= 15 is 0 Å². The lowest BCUT2D eigenvalue weighted by Gasteiger charge is -2.44. The molecule has 0 bridgehead atoms. The van der Waals surface area contributed by atoms with Crippen molar-refractivity contribution in [3.8, 4) is 0 Å². The van der Waals surface area contributed by atoms with E-state index in [-0.39, 0.29) is 11.6 Å². The minimum absolute atomic E-state index is 0.00558. The fourth-order valence-corrected chi connectivity index (χ4v) is 6.12. The number of thiophene rings is 1. The van der Waals surface area contributed by atoms with Crippen LogP contribution in [0, 0.1) is 0 Å². The Hall–Kier alpha value is -2.23. The number of nitrogens with zero attached hydrogens (tertiary/aromatic N) is 4. The molecule has 2 aromatic rings. The van der Waals surface area contributed by atoms with E-state index in [1.165, 1.54) is 10.4 Å². The van der Waals surface area contributed by atoms with Gasteiger partial charge in [0.2, 0.25) is 5.95 Å². The molecule has 32 heavy (non-hydrogen) atoms. The standard InChI is InChI=1S/C23H32N6O2S/c1-2-18-13-19-20(32-18)3-12-31-23(19)4-8-28(9-5-23)16-17-14-26-21(27-15-17)24-6-10-29-11-7-25-22(29)30/h13-15H,2-12,16H2,1H3,(H,25,30)(H,24,26,27). The van der Waals surface area contributed by atoms with Gasteiger partial charge in [-0.05, 0) is 30.9 Å². The first-order chi connectivity index (χ1) is 15.6. The first-order valence-electron chi connectivity index (χ1n) is 11.7. The smallest absolute Gasteiger partial charge is 0.317 e. The number of anilines is 1. The third kappa shape index (κ3) is 4.46. The number of ether oxygens (including phenoxy) is 1. The van der Waals surface area contributed by atoms with E-state index in [2.05, 4.69) is 38.5 Å². The second-order valence-electron chi connectivity index (χ2n) is 8.83. The van der Waals surface area contributed by atoms with Crippen LogP contribution in [-0.4, -0.2) is 71.7 Å². The molecular formula is C23H32N6O2S. The zero-order valence-corrected chi connectivity index (χ0v) is 19.5. The number of carbonyl (C=O) groups excluding carboxylic acids is 1. The Kier molecular flexibility index (Phi) is 6.30. The number of amides is 2. The van der Waals surface area contributed by atoms with Crippen molar-refractivity contribution >= 4 is 23.3 Å². The molecule has 2 N–H and O–H groups in total. The van der Waals surface area contributed by atoms with E-state index in [1.807, 2.05) is 23.7 Å². The lowest BCUT2D eigenvalue weighted by molar-refractivity contribution is -0.0981. The van der Waals surface area contributed by atoms with Crippen LogP contribution in [0.3, 0.4) is 0 Å². The second-order valence-corrected chi connectivity index (χ2v) is 10.1. The molecule has 0 radical (unpaired) electrons. The predicted octanol–water partition coefficient (Wildman–Crippen LogP) is 2.60. The average Bonchev–Trinajstić information content (AvgIpc) is 3.43. The molecule has 8 nitrogen and oxygen atoms in total. The van der Waals surface area contributed by atoms with Crippen molar-refractivity contribution < 1.29 is 9.53 Å². The van der Waals surface area contributed by atoms with Gasteiger partial charge in [-0.25, -0.2) is 14.8 Å². The summed E-state index contributed by atoms with van der Waals surface area (Å²) in [6, 6.07) is 2.41. The summed E-state index contributed by atoms with van der Waals surface area (Å²) >= 11 is 1.98. The van der Waals surface area contributed by atoms with Crippen LogP contribution in [-0.2, 0) is 29.7 Å². The van der Waals surface area contributed by atoms with Gasteiger partial charge in [-0.3, -0.25) is 4.90 Å². The summed E-state index contributed by atoms with van der Waals surface area (Å²) in [5.41, 5.74) is 2.51. The van der Waals surface area contributed by atoms with Gasteiger partial charge < -0.3 is 20.3 Å². The highest BCUT2D eigenvalue weighted by Gasteiger charge is 2.41. The minimum atomic E-state index is -0.0788. The Balaban J connectivity index is 1.12. The number of carbonyl (C=O) groups is 1. The molecule has 5 heterocycles. The Morgan fingerprint density at radius 3 is 2.78 bits per heavy atom. The molecule has 3 aliphatic rings. The van der Waals surface area contributed by atoms with E-state index in [1.54, 1.807) is 9.78 Å². The van der Waals surface area contributed by atoms with Crippen molar-refractivity contribution in [2.75, 3.05) is 51.2 Å². The fraction of sp³-hybridized carbons (Fsp3) is 0.609. The summed E-state index contributed by atoms with van der Waals surface area (Å²) in [5.74, 6) is 0.610. The number of fused-ring (bicyclic) bond motifs is 2. The molecule has 0 saturated carbocycles. The Labute approximate surface area is 193 Å². The maximum absolute atomic E-state index is 11.6. The molecule has 9 heteroatoms. The largest absolute Gasteiger partial charge is 0.370 e. The molecular weight excluding hydrogens is 424 g/mol. The third-order valence-electron chi connectivity index (χ3n) is 6.79. The van der Waals surface area contributed by atoms with E-state index in [9.17, 15) is 4.79 Å². The van der Waals surface area contributed by atoms with Gasteiger partial charge in [0.25, 0.3) is 0 Å². The van der Waals surface area contributed by atoms with Crippen LogP contribution in [0.15, 0.2) is 18.5 Å². The number of hydrogen-bond donors (Lipinski definition) is 2. The van der Waals surface area contributed by atoms with Crippen LogP contribution in [0.5, 0.6) is 0 Å². The van der Waals surface area contributed by atoms with Crippen molar-refractivity contribution in [1.82, 2.24) is 25.1 Å². The lowest BCUT2D eigenvalue weighted by atomic mass is 9.82. The minimum Gasteiger partial charge on any atom is -0.370 e. The van der Waals surface area contributed by atoms with E-state index in [4.69, 9.17) is 4.74 Å². The summed E-state index contributed by atoms with van der Waals surface area (Å²) in [6.07, 6.45) is 8.08. The van der Waals surface area contributed by atoms with Gasteiger partial charge in [-0.15, -0.1) is 11.3 Å². The summed E-state index contributed by atoms with van der Waals surface area (Å²) in [4.78, 5) is 27.8. The molecule has 2 amide bonds. The van der Waals surface area contributed by atoms with Crippen LogP contribution >= 0.6 is 11.3 Å². The average molecular weight is 457 g/mol. The first-order valence-corrected chi connectivity index (χ1v) is 12.5. The molecule has 5 rings (SSSR count). The topological polar surface area (TPSA) is 82.6 Å². The number of rotatable bonds is 7. The maximum atomic E-state index is 11.6. The van der Waals surface area contributed by atoms with Gasteiger partial charge in [-0.1, -0.05) is 6.92 Å². The Morgan fingerprint density at radius 2 is 2.06 bits per heavy atom. The zero-order chi connectivity index (χ0) is 22.0. The van der Waals surface area contributed by atoms with Gasteiger partial charge in [-0.2, -0.15) is 0 Å². The molecule has 2 aromatic heterocycles. The van der Waals surface area contributed by atoms with E-state index in [0.29, 0.717) is 19.0 Å². The molecule has 0 atom stereocenters. The normalized spacial score (nSPS) is 20.4. The second kappa shape index (κ2) is 9.33. The molecule has 0 aliphatic carbocycles. The number of aryl methyl sites for hydroxylation is 1. The molecule has 172 valence electrons. The molecule has 1 spiro atoms. The van der Waals surface area contributed by atoms with Crippen molar-refractivity contribution in [2.45, 2.75) is 44.8 Å². The molecule has 2 fully saturated rings. The predicted molar refractivity (Wildman–Crippen MR) is 125 cm³/mol. The van der Waals surface area contributed by atoms with Crippen LogP contribution < -0.4 is 10.6 Å². The van der Waals surface area contributed by atoms with Crippen molar-refractivity contribution in [1.29, 1.82) is 0 Å². The number of aromatic nitrogens is 2. The number of urea groups is 1. The lowest BCUT2D eigenvalue weighted by Crippen LogP contribution is -2.45. The number of likely N-dealkylation sites (tertiary alicyclic amines) is 1. The zero-order valence-electron chi connectivity index (χ0n) is 18.7. The van der Waals surface area contributed by atoms with Gasteiger partial charge in [0, 0.05) is 79.9 Å². The Bertz CT molecular complexity index is 938. The highest BCUT2D eigenvalue weighted by Crippen LogP contribution is 2.44. The fourth-order valence-electron chi connectivity index (χ4n) is 4.95. The van der Waals surface area contributed by atoms with E-state index in [0.717, 1.165) is 70.6 Å². The van der Waals surface area contributed by atoms with E-state index < -0.39 is 0 Å². The van der Waals surface area contributed by atoms with Crippen LogP contribution in [0.25, 0.3) is 0 Å². The highest BCUT2D eigenvalue weighted by molar-refractivity contribution is 7.12. The summed E-state index contributed by atoms with van der Waals surface area (Å²) in [6.45, 7) is 8.78. The first kappa shape index (κ1) is 21.6. The monoisotopic (exact) mass is 456 g/mol. The summed E-state index contributed by atoms with van der Waals surface area (Å²) < 4.78 is 6.40. The quantitative estimate of drug-likeness (QED) is 0.667. The number of piperidine rings is 1. The molecule has 2 saturated heterocycles. The van der Waals surface area contributed by atoms with Crippen LogP contribution in [0.1, 0.15) is 40.6 Å². The summed E-state index contributed by atoms with van der Waals surface area (Å²) in [7, 11) is 0. The van der Waals surface area contributed by atoms with Gasteiger partial charge in [0.05, 0.1) is 12.2 Å². The number of nitrogens with one attached hydrogen (secondary N) is 2. The van der Waals surface area contributed by atoms with Gasteiger partial charge in [0.15, 0.2) is 0 Å². The number of hydrogen-bond acceptors (Lipinski definition) is 7. The van der Waals surface area contributed by atoms with Crippen molar-refractivity contribution in [3.63, 3.8) is 0 Å². The highest BCUT2D eigenvalue weighted by atomic mass is 32.1. The summed E-state index contributed by atoms with van der Waals surface area (Å²) in [5, 5.41) is 6.01. The van der Waals surface area contributed by atoms with Crippen molar-refractivity contribution in [2.24, 2.45) is 0 Å². The third-order valence-corrected chi connectivity index (χ3v) is 8.13. The van der Waals surface area contributed by atoms with Gasteiger partial charge >= 0.3 is 6.03 Å². The Morgan fingerprint density at radius 1 is 1.25 bits per heavy atom. The molecule has 3 aliphatic heterocycles. The molecule has 0 unspecified atom stereocenters. The van der Waals surface area contributed by atoms with Crippen molar-refractivity contribution in [3.05, 3.63) is 39.3 Å². The molecule has 0 aromatic carbocycles. The van der Waals surface area contributed by atoms with Crippen LogP contribution in [0.2, 0.25) is 0 Å². The SMILES string of the molecule is CCc1cc2c(s1)CCOC21CCN(Cc2cnc(NCCN3CCNC3=O)nc2)CC1. The van der Waals surface area contributed by atoms with Gasteiger partial charge in [0.1, 0.15) is 0 Å². The maximum Gasteiger partial charge on any atom is 0.317 e.